The van der Waals surface area contributed by atoms with E-state index in [2.05, 4.69) is 16.0 Å². The highest BCUT2D eigenvalue weighted by molar-refractivity contribution is 5.76. The fourth-order valence-corrected chi connectivity index (χ4v) is 1.38. The van der Waals surface area contributed by atoms with E-state index in [4.69, 9.17) is 11.0 Å². The highest BCUT2D eigenvalue weighted by Crippen LogP contribution is 2.19. The van der Waals surface area contributed by atoms with E-state index in [9.17, 15) is 0 Å². The van der Waals surface area contributed by atoms with Gasteiger partial charge in [0.1, 0.15) is 5.82 Å². The first-order chi connectivity index (χ1) is 7.00. The fraction of sp³-hybridized carbons (Fsp3) is 0.273. The lowest BCUT2D eigenvalue weighted by molar-refractivity contribution is 0.522. The molecule has 0 fully saturated rings. The largest absolute Gasteiger partial charge is 0.340 e. The lowest BCUT2D eigenvalue weighted by Crippen LogP contribution is -2.30. The van der Waals surface area contributed by atoms with Crippen molar-refractivity contribution in [2.45, 2.75) is 19.4 Å². The van der Waals surface area contributed by atoms with Crippen molar-refractivity contribution in [1.82, 2.24) is 9.97 Å². The summed E-state index contributed by atoms with van der Waals surface area (Å²) in [6.45, 7) is 3.77. The van der Waals surface area contributed by atoms with Crippen molar-refractivity contribution < 1.29 is 0 Å². The van der Waals surface area contributed by atoms with Crippen LogP contribution in [0, 0.1) is 11.3 Å². The third kappa shape index (κ3) is 1.69. The number of fused-ring (bicyclic) bond motifs is 1. The number of nitrogens with one attached hydrogen (secondary N) is 1. The maximum atomic E-state index is 8.75. The van der Waals surface area contributed by atoms with Gasteiger partial charge >= 0.3 is 0 Å². The molecular weight excluding hydrogens is 188 g/mol. The third-order valence-corrected chi connectivity index (χ3v) is 2.22. The molecule has 0 bridgehead atoms. The Morgan fingerprint density at radius 3 is 2.80 bits per heavy atom. The molecule has 0 aliphatic rings. The van der Waals surface area contributed by atoms with Gasteiger partial charge in [0, 0.05) is 0 Å². The Morgan fingerprint density at radius 2 is 2.20 bits per heavy atom. The molecule has 0 aliphatic carbocycles. The van der Waals surface area contributed by atoms with Crippen LogP contribution in [0.5, 0.6) is 0 Å². The Labute approximate surface area is 87.7 Å². The van der Waals surface area contributed by atoms with Crippen LogP contribution in [0.15, 0.2) is 18.2 Å². The zero-order chi connectivity index (χ0) is 11.1. The van der Waals surface area contributed by atoms with Crippen LogP contribution in [-0.2, 0) is 5.54 Å². The predicted molar refractivity (Wildman–Crippen MR) is 58.0 cm³/mol. The average Bonchev–Trinajstić information content (AvgIpc) is 2.59. The summed E-state index contributed by atoms with van der Waals surface area (Å²) < 4.78 is 0. The molecule has 0 atom stereocenters. The molecule has 0 saturated carbocycles. The number of nitriles is 1. The molecule has 76 valence electrons. The zero-order valence-corrected chi connectivity index (χ0v) is 8.70. The van der Waals surface area contributed by atoms with Gasteiger partial charge in [-0.2, -0.15) is 5.26 Å². The molecule has 0 radical (unpaired) electrons. The van der Waals surface area contributed by atoms with E-state index in [-0.39, 0.29) is 0 Å². The molecule has 0 aliphatic heterocycles. The Kier molecular flexibility index (Phi) is 1.98. The quantitative estimate of drug-likeness (QED) is 0.734. The van der Waals surface area contributed by atoms with E-state index in [1.165, 1.54) is 0 Å². The summed E-state index contributed by atoms with van der Waals surface area (Å²) in [5.41, 5.74) is 7.74. The fourth-order valence-electron chi connectivity index (χ4n) is 1.38. The van der Waals surface area contributed by atoms with Crippen molar-refractivity contribution >= 4 is 11.0 Å². The van der Waals surface area contributed by atoms with E-state index < -0.39 is 5.54 Å². The second kappa shape index (κ2) is 3.07. The molecule has 2 rings (SSSR count). The first-order valence-corrected chi connectivity index (χ1v) is 4.70. The number of hydrogen-bond donors (Lipinski definition) is 2. The molecule has 0 amide bonds. The van der Waals surface area contributed by atoms with Crippen LogP contribution in [-0.4, -0.2) is 9.97 Å². The molecule has 1 heterocycles. The monoisotopic (exact) mass is 200 g/mol. The summed E-state index contributed by atoms with van der Waals surface area (Å²) in [5, 5.41) is 8.75. The maximum absolute atomic E-state index is 8.75. The van der Waals surface area contributed by atoms with Gasteiger partial charge in [0.15, 0.2) is 0 Å². The Balaban J connectivity index is 2.62. The van der Waals surface area contributed by atoms with Gasteiger partial charge in [0.25, 0.3) is 0 Å². The normalized spacial score (nSPS) is 11.6. The number of H-pyrrole nitrogens is 1. The number of benzene rings is 1. The van der Waals surface area contributed by atoms with E-state index in [0.29, 0.717) is 5.56 Å². The van der Waals surface area contributed by atoms with Crippen LogP contribution in [0.2, 0.25) is 0 Å². The van der Waals surface area contributed by atoms with Gasteiger partial charge in [-0.15, -0.1) is 0 Å². The van der Waals surface area contributed by atoms with Gasteiger partial charge in [-0.25, -0.2) is 4.98 Å². The van der Waals surface area contributed by atoms with Gasteiger partial charge in [0.05, 0.1) is 28.2 Å². The van der Waals surface area contributed by atoms with Crippen LogP contribution in [0.1, 0.15) is 25.2 Å². The molecule has 3 N–H and O–H groups in total. The van der Waals surface area contributed by atoms with E-state index in [1.807, 2.05) is 19.9 Å². The lowest BCUT2D eigenvalue weighted by Gasteiger charge is -2.13. The number of aromatic amines is 1. The minimum absolute atomic E-state index is 0.494. The molecule has 0 spiro atoms. The van der Waals surface area contributed by atoms with Gasteiger partial charge in [-0.05, 0) is 32.0 Å². The van der Waals surface area contributed by atoms with Crippen molar-refractivity contribution in [2.75, 3.05) is 0 Å². The van der Waals surface area contributed by atoms with E-state index in [0.717, 1.165) is 16.9 Å². The minimum Gasteiger partial charge on any atom is -0.340 e. The molecule has 4 nitrogen and oxygen atoms in total. The highest BCUT2D eigenvalue weighted by atomic mass is 15.0. The standard InChI is InChI=1S/C11H12N4/c1-11(2,13)10-14-8-4-3-7(6-12)5-9(8)15-10/h3-5H,13H2,1-2H3,(H,14,15). The average molecular weight is 200 g/mol. The Hall–Kier alpha value is -1.86. The van der Waals surface area contributed by atoms with E-state index in [1.54, 1.807) is 12.1 Å². The zero-order valence-electron chi connectivity index (χ0n) is 8.70. The summed E-state index contributed by atoms with van der Waals surface area (Å²) in [4.78, 5) is 7.49. The topological polar surface area (TPSA) is 78.5 Å². The Bertz CT molecular complexity index is 540. The van der Waals surface area contributed by atoms with Crippen molar-refractivity contribution in [3.8, 4) is 6.07 Å². The Morgan fingerprint density at radius 1 is 1.47 bits per heavy atom. The molecule has 0 unspecified atom stereocenters. The molecule has 2 aromatic rings. The number of aromatic nitrogens is 2. The highest BCUT2D eigenvalue weighted by Gasteiger charge is 2.18. The summed E-state index contributed by atoms with van der Waals surface area (Å²) in [6.07, 6.45) is 0. The number of nitrogens with two attached hydrogens (primary N) is 1. The van der Waals surface area contributed by atoms with Gasteiger partial charge < -0.3 is 10.7 Å². The number of nitrogens with zero attached hydrogens (tertiary/aromatic N) is 2. The molecule has 4 heteroatoms. The SMILES string of the molecule is CC(C)(N)c1nc2ccc(C#N)cc2[nH]1. The van der Waals surface area contributed by atoms with Gasteiger partial charge in [-0.3, -0.25) is 0 Å². The molecule has 0 saturated heterocycles. The maximum Gasteiger partial charge on any atom is 0.126 e. The molecule has 1 aromatic heterocycles. The minimum atomic E-state index is -0.494. The van der Waals surface area contributed by atoms with Crippen LogP contribution in [0.3, 0.4) is 0 Å². The predicted octanol–water partition coefficient (Wildman–Crippen LogP) is 1.63. The number of hydrogen-bond acceptors (Lipinski definition) is 3. The van der Waals surface area contributed by atoms with Crippen LogP contribution < -0.4 is 5.73 Å². The first-order valence-electron chi connectivity index (χ1n) is 4.70. The smallest absolute Gasteiger partial charge is 0.126 e. The van der Waals surface area contributed by atoms with Crippen molar-refractivity contribution in [1.29, 1.82) is 5.26 Å². The third-order valence-electron chi connectivity index (χ3n) is 2.22. The van der Waals surface area contributed by atoms with Crippen LogP contribution >= 0.6 is 0 Å². The van der Waals surface area contributed by atoms with Crippen molar-refractivity contribution in [3.05, 3.63) is 29.6 Å². The van der Waals surface area contributed by atoms with Crippen molar-refractivity contribution in [2.24, 2.45) is 5.73 Å². The lowest BCUT2D eigenvalue weighted by atomic mass is 10.1. The van der Waals surface area contributed by atoms with Gasteiger partial charge in [-0.1, -0.05) is 0 Å². The van der Waals surface area contributed by atoms with E-state index >= 15 is 0 Å². The summed E-state index contributed by atoms with van der Waals surface area (Å²) in [7, 11) is 0. The van der Waals surface area contributed by atoms with Gasteiger partial charge in [0.2, 0.25) is 0 Å². The first kappa shape index (κ1) is 9.69. The molecular formula is C11H12N4. The number of rotatable bonds is 1. The van der Waals surface area contributed by atoms with Crippen LogP contribution in [0.4, 0.5) is 0 Å². The van der Waals surface area contributed by atoms with Crippen molar-refractivity contribution in [3.63, 3.8) is 0 Å². The number of imidazole rings is 1. The second-order valence-electron chi connectivity index (χ2n) is 4.15. The molecule has 1 aromatic carbocycles. The summed E-state index contributed by atoms with van der Waals surface area (Å²) in [6, 6.07) is 7.43. The summed E-state index contributed by atoms with van der Waals surface area (Å²) in [5.74, 6) is 0.729. The summed E-state index contributed by atoms with van der Waals surface area (Å²) >= 11 is 0. The second-order valence-corrected chi connectivity index (χ2v) is 4.15. The van der Waals surface area contributed by atoms with Crippen LogP contribution in [0.25, 0.3) is 11.0 Å². The molecule has 15 heavy (non-hydrogen) atoms.